The second kappa shape index (κ2) is 8.71. The largest absolute Gasteiger partial charge is 0.462 e. The number of hydrogen-bond acceptors (Lipinski definition) is 3. The van der Waals surface area contributed by atoms with Gasteiger partial charge in [0.25, 0.3) is 0 Å². The maximum atomic E-state index is 12.3. The predicted octanol–water partition coefficient (Wildman–Crippen LogP) is 7.39. The zero-order valence-electron chi connectivity index (χ0n) is 21.0. The Labute approximate surface area is 200 Å². The Balaban J connectivity index is 1.30. The van der Waals surface area contributed by atoms with Crippen LogP contribution in [-0.4, -0.2) is 17.1 Å². The molecule has 0 radical (unpaired) electrons. The lowest BCUT2D eigenvalue weighted by atomic mass is 9.47. The van der Waals surface area contributed by atoms with Gasteiger partial charge in [-0.2, -0.15) is 0 Å². The molecular weight excluding hydrogens is 406 g/mol. The summed E-state index contributed by atoms with van der Waals surface area (Å²) in [7, 11) is 0. The van der Waals surface area contributed by atoms with Crippen molar-refractivity contribution in [3.63, 3.8) is 0 Å². The average Bonchev–Trinajstić information content (AvgIpc) is 3.16. The van der Waals surface area contributed by atoms with Crippen LogP contribution in [0.4, 0.5) is 0 Å². The summed E-state index contributed by atoms with van der Waals surface area (Å²) in [6.45, 7) is 9.38. The van der Waals surface area contributed by atoms with Gasteiger partial charge in [-0.3, -0.25) is 9.78 Å². The van der Waals surface area contributed by atoms with Gasteiger partial charge < -0.3 is 4.74 Å². The number of hydrogen-bond donors (Lipinski definition) is 0. The average molecular weight is 448 g/mol. The first-order valence-corrected chi connectivity index (χ1v) is 13.3. The minimum Gasteiger partial charge on any atom is -0.462 e. The fourth-order valence-electron chi connectivity index (χ4n) is 7.92. The second-order valence-corrected chi connectivity index (χ2v) is 12.1. The number of aromatic nitrogens is 1. The van der Waals surface area contributed by atoms with E-state index in [4.69, 9.17) is 4.74 Å². The molecule has 0 aromatic carbocycles. The van der Waals surface area contributed by atoms with E-state index in [9.17, 15) is 4.79 Å². The predicted molar refractivity (Wildman–Crippen MR) is 133 cm³/mol. The number of pyridine rings is 1. The highest BCUT2D eigenvalue weighted by atomic mass is 16.5. The Morgan fingerprint density at radius 3 is 2.70 bits per heavy atom. The highest BCUT2D eigenvalue weighted by molar-refractivity contribution is 5.72. The first kappa shape index (κ1) is 22.9. The third kappa shape index (κ3) is 4.00. The molecule has 3 nitrogen and oxygen atoms in total. The van der Waals surface area contributed by atoms with E-state index in [0.717, 1.165) is 43.4 Å². The highest BCUT2D eigenvalue weighted by Crippen LogP contribution is 2.66. The quantitative estimate of drug-likeness (QED) is 0.349. The van der Waals surface area contributed by atoms with Crippen molar-refractivity contribution in [3.8, 4) is 0 Å². The van der Waals surface area contributed by atoms with Crippen LogP contribution in [0.3, 0.4) is 0 Å². The lowest BCUT2D eigenvalue weighted by molar-refractivity contribution is -0.151. The molecule has 0 aliphatic heterocycles. The molecule has 1 aromatic rings. The molecule has 5 rings (SSSR count). The maximum absolute atomic E-state index is 12.3. The van der Waals surface area contributed by atoms with Gasteiger partial charge >= 0.3 is 5.97 Å². The molecule has 4 aliphatic rings. The van der Waals surface area contributed by atoms with E-state index in [1.165, 1.54) is 36.8 Å². The summed E-state index contributed by atoms with van der Waals surface area (Å²) in [6, 6.07) is 4.31. The van der Waals surface area contributed by atoms with Crippen LogP contribution in [0.1, 0.15) is 91.0 Å². The molecule has 2 saturated carbocycles. The van der Waals surface area contributed by atoms with Crippen molar-refractivity contribution in [3.05, 3.63) is 47.8 Å². The van der Waals surface area contributed by atoms with Crippen LogP contribution < -0.4 is 0 Å². The van der Waals surface area contributed by atoms with E-state index in [2.05, 4.69) is 63.2 Å². The molecule has 4 aliphatic carbocycles. The molecular formula is C30H41NO2. The van der Waals surface area contributed by atoms with E-state index >= 15 is 0 Å². The van der Waals surface area contributed by atoms with Crippen LogP contribution in [0.2, 0.25) is 0 Å². The summed E-state index contributed by atoms with van der Waals surface area (Å²) in [4.78, 5) is 16.7. The van der Waals surface area contributed by atoms with E-state index < -0.39 is 0 Å². The van der Waals surface area contributed by atoms with E-state index in [0.29, 0.717) is 12.3 Å². The molecule has 1 aromatic heterocycles. The van der Waals surface area contributed by atoms with E-state index in [1.807, 2.05) is 6.20 Å². The summed E-state index contributed by atoms with van der Waals surface area (Å²) in [6.07, 6.45) is 18.7. The summed E-state index contributed by atoms with van der Waals surface area (Å²) in [5, 5.41) is 0. The number of esters is 1. The molecule has 178 valence electrons. The van der Waals surface area contributed by atoms with Crippen molar-refractivity contribution in [2.24, 2.45) is 34.5 Å². The molecule has 0 amide bonds. The Bertz CT molecular complexity index is 947. The number of fused-ring (bicyclic) bond motifs is 5. The summed E-state index contributed by atoms with van der Waals surface area (Å²) in [5.74, 6) is 2.79. The first-order valence-electron chi connectivity index (χ1n) is 13.3. The van der Waals surface area contributed by atoms with Crippen molar-refractivity contribution >= 4 is 11.5 Å². The zero-order chi connectivity index (χ0) is 23.2. The Kier molecular flexibility index (Phi) is 6.04. The number of nitrogens with zero attached hydrogens (tertiary/aromatic N) is 1. The van der Waals surface area contributed by atoms with Gasteiger partial charge in [-0.05, 0) is 96.7 Å². The van der Waals surface area contributed by atoms with Gasteiger partial charge in [0.05, 0.1) is 0 Å². The Morgan fingerprint density at radius 2 is 1.94 bits per heavy atom. The fraction of sp³-hybridized carbons (Fsp3) is 0.667. The van der Waals surface area contributed by atoms with Crippen molar-refractivity contribution in [2.75, 3.05) is 0 Å². The Hall–Kier alpha value is -1.90. The van der Waals surface area contributed by atoms with Gasteiger partial charge in [0.2, 0.25) is 0 Å². The van der Waals surface area contributed by atoms with Crippen molar-refractivity contribution in [2.45, 2.75) is 91.6 Å². The summed E-state index contributed by atoms with van der Waals surface area (Å²) < 4.78 is 5.93. The number of carbonyl (C=O) groups is 1. The second-order valence-electron chi connectivity index (χ2n) is 12.1. The zero-order valence-corrected chi connectivity index (χ0v) is 21.0. The third-order valence-electron chi connectivity index (χ3n) is 9.84. The van der Waals surface area contributed by atoms with Crippen LogP contribution in [0.25, 0.3) is 5.57 Å². The molecule has 3 heteroatoms. The molecule has 6 atom stereocenters. The minimum absolute atomic E-state index is 0.0000156. The molecule has 2 fully saturated rings. The number of allylic oxidation sites excluding steroid dienone is 3. The molecule has 1 heterocycles. The SMILES string of the molecule is CC(C)CCC(=O)O[C@H]1CCC2(C)C(=CC[C@@H]3[C@@H]2CC[C@]2(C)C(c4cccnc4)=CC[C@@H]32)C1. The van der Waals surface area contributed by atoms with Crippen LogP contribution in [0.5, 0.6) is 0 Å². The number of ether oxygens (including phenoxy) is 1. The minimum atomic E-state index is -0.0000156. The third-order valence-corrected chi connectivity index (χ3v) is 9.84. The normalized spacial score (nSPS) is 37.5. The van der Waals surface area contributed by atoms with Gasteiger partial charge in [0.15, 0.2) is 0 Å². The van der Waals surface area contributed by atoms with Gasteiger partial charge in [-0.25, -0.2) is 0 Å². The lowest BCUT2D eigenvalue weighted by Gasteiger charge is -2.57. The topological polar surface area (TPSA) is 39.2 Å². The smallest absolute Gasteiger partial charge is 0.306 e. The standard InChI is InChI=1S/C30H41NO2/c1-20(2)7-12-28(32)33-23-13-15-29(3)22(18-23)8-9-24-26-11-10-25(21-6-5-17-31-19-21)30(26,4)16-14-27(24)29/h5-6,8,10,17,19-20,23-24,26-27H,7,9,11-16,18H2,1-4H3/t23-,24-,26-,27-,29?,30+/m0/s1. The van der Waals surface area contributed by atoms with Crippen LogP contribution in [-0.2, 0) is 9.53 Å². The highest BCUT2D eigenvalue weighted by Gasteiger charge is 2.57. The summed E-state index contributed by atoms with van der Waals surface area (Å²) in [5.41, 5.74) is 4.99. The molecule has 0 spiro atoms. The van der Waals surface area contributed by atoms with E-state index in [-0.39, 0.29) is 22.9 Å². The fourth-order valence-corrected chi connectivity index (χ4v) is 7.92. The molecule has 0 saturated heterocycles. The maximum Gasteiger partial charge on any atom is 0.306 e. The van der Waals surface area contributed by atoms with Gasteiger partial charge in [-0.1, -0.05) is 51.5 Å². The number of carbonyl (C=O) groups excluding carboxylic acids is 1. The van der Waals surface area contributed by atoms with Crippen LogP contribution in [0.15, 0.2) is 42.3 Å². The van der Waals surface area contributed by atoms with Gasteiger partial charge in [0.1, 0.15) is 6.10 Å². The van der Waals surface area contributed by atoms with Gasteiger partial charge in [-0.15, -0.1) is 0 Å². The lowest BCUT2D eigenvalue weighted by Crippen LogP contribution is -2.50. The van der Waals surface area contributed by atoms with Crippen LogP contribution >= 0.6 is 0 Å². The first-order chi connectivity index (χ1) is 15.8. The number of rotatable bonds is 5. The summed E-state index contributed by atoms with van der Waals surface area (Å²) >= 11 is 0. The van der Waals surface area contributed by atoms with Crippen molar-refractivity contribution < 1.29 is 9.53 Å². The van der Waals surface area contributed by atoms with Crippen molar-refractivity contribution in [1.29, 1.82) is 0 Å². The molecule has 33 heavy (non-hydrogen) atoms. The monoisotopic (exact) mass is 447 g/mol. The van der Waals surface area contributed by atoms with Gasteiger partial charge in [0, 0.05) is 25.2 Å². The van der Waals surface area contributed by atoms with Crippen LogP contribution in [0, 0.1) is 34.5 Å². The molecule has 0 N–H and O–H groups in total. The molecule has 1 unspecified atom stereocenters. The molecule has 0 bridgehead atoms. The Morgan fingerprint density at radius 1 is 1.12 bits per heavy atom. The van der Waals surface area contributed by atoms with Crippen molar-refractivity contribution in [1.82, 2.24) is 4.98 Å². The van der Waals surface area contributed by atoms with E-state index in [1.54, 1.807) is 5.57 Å².